The number of rotatable bonds is 1. The second-order valence-electron chi connectivity index (χ2n) is 4.59. The predicted molar refractivity (Wildman–Crippen MR) is 74.0 cm³/mol. The number of Topliss-reactive ketones (excluding diaryl/α,β-unsaturated/α-hetero) is 1. The highest BCUT2D eigenvalue weighted by Gasteiger charge is 2.08. The molecule has 0 aliphatic carbocycles. The van der Waals surface area contributed by atoms with Crippen LogP contribution in [-0.4, -0.2) is 10.8 Å². The first kappa shape index (κ1) is 10.9. The molecule has 0 atom stereocenters. The molecule has 3 rings (SSSR count). The van der Waals surface area contributed by atoms with Crippen LogP contribution in [0.3, 0.4) is 0 Å². The lowest BCUT2D eigenvalue weighted by Crippen LogP contribution is -1.96. The Kier molecular flexibility index (Phi) is 2.37. The van der Waals surface area contributed by atoms with Gasteiger partial charge in [0.2, 0.25) is 0 Å². The van der Waals surface area contributed by atoms with Gasteiger partial charge in [-0.25, -0.2) is 0 Å². The number of carbonyl (C=O) groups excluding carboxylic acids is 1. The largest absolute Gasteiger partial charge is 0.295 e. The molecule has 0 saturated carbocycles. The number of carbonyl (C=O) groups is 1. The van der Waals surface area contributed by atoms with Gasteiger partial charge >= 0.3 is 0 Å². The fraction of sp³-hybridized carbons (Fsp3) is 0.125. The van der Waals surface area contributed by atoms with E-state index in [2.05, 4.69) is 17.1 Å². The summed E-state index contributed by atoms with van der Waals surface area (Å²) < 4.78 is 0. The average Bonchev–Trinajstić information content (AvgIpc) is 2.37. The quantitative estimate of drug-likeness (QED) is 0.473. The van der Waals surface area contributed by atoms with E-state index in [1.54, 1.807) is 13.1 Å². The standard InChI is InChI=1S/C16H13NO/c1-10-8-15-13(9-14(10)11(2)18)6-5-12-4-3-7-17-16(12)15/h3-9H,1-2H3. The van der Waals surface area contributed by atoms with Gasteiger partial charge < -0.3 is 0 Å². The van der Waals surface area contributed by atoms with Gasteiger partial charge in [0.1, 0.15) is 0 Å². The summed E-state index contributed by atoms with van der Waals surface area (Å²) in [6.45, 7) is 3.57. The normalized spacial score (nSPS) is 11.0. The number of hydrogen-bond donors (Lipinski definition) is 0. The second-order valence-corrected chi connectivity index (χ2v) is 4.59. The molecule has 0 bridgehead atoms. The van der Waals surface area contributed by atoms with E-state index in [1.807, 2.05) is 31.2 Å². The van der Waals surface area contributed by atoms with Crippen molar-refractivity contribution >= 4 is 27.5 Å². The van der Waals surface area contributed by atoms with Gasteiger partial charge in [0, 0.05) is 22.5 Å². The average molecular weight is 235 g/mol. The Labute approximate surface area is 105 Å². The Balaban J connectivity index is 2.46. The van der Waals surface area contributed by atoms with Crippen LogP contribution in [0.1, 0.15) is 22.8 Å². The molecule has 2 nitrogen and oxygen atoms in total. The third-order valence-corrected chi connectivity index (χ3v) is 3.31. The number of hydrogen-bond acceptors (Lipinski definition) is 2. The molecule has 0 radical (unpaired) electrons. The summed E-state index contributed by atoms with van der Waals surface area (Å²) in [6.07, 6.45) is 1.80. The Hall–Kier alpha value is -2.22. The predicted octanol–water partition coefficient (Wildman–Crippen LogP) is 3.90. The van der Waals surface area contributed by atoms with E-state index in [9.17, 15) is 4.79 Å². The molecule has 3 aromatic rings. The number of benzene rings is 2. The van der Waals surface area contributed by atoms with Crippen LogP contribution < -0.4 is 0 Å². The first-order valence-corrected chi connectivity index (χ1v) is 5.96. The van der Waals surface area contributed by atoms with Gasteiger partial charge in [0.25, 0.3) is 0 Å². The minimum Gasteiger partial charge on any atom is -0.295 e. The minimum atomic E-state index is 0.107. The number of ketones is 1. The fourth-order valence-corrected chi connectivity index (χ4v) is 2.40. The zero-order valence-corrected chi connectivity index (χ0v) is 10.4. The zero-order valence-electron chi connectivity index (χ0n) is 10.4. The molecular formula is C16H13NO. The van der Waals surface area contributed by atoms with Crippen LogP contribution in [0, 0.1) is 6.92 Å². The summed E-state index contributed by atoms with van der Waals surface area (Å²) in [5.41, 5.74) is 2.79. The van der Waals surface area contributed by atoms with Crippen LogP contribution >= 0.6 is 0 Å². The van der Waals surface area contributed by atoms with Gasteiger partial charge in [0.15, 0.2) is 5.78 Å². The highest BCUT2D eigenvalue weighted by atomic mass is 16.1. The Bertz CT molecular complexity index is 774. The van der Waals surface area contributed by atoms with Crippen molar-refractivity contribution in [2.75, 3.05) is 0 Å². The summed E-state index contributed by atoms with van der Waals surface area (Å²) in [5, 5.41) is 3.30. The molecule has 1 aromatic heterocycles. The highest BCUT2D eigenvalue weighted by molar-refractivity contribution is 6.08. The number of aromatic nitrogens is 1. The molecule has 0 aliphatic rings. The van der Waals surface area contributed by atoms with E-state index in [4.69, 9.17) is 0 Å². The smallest absolute Gasteiger partial charge is 0.160 e. The Morgan fingerprint density at radius 1 is 1.11 bits per heavy atom. The van der Waals surface area contributed by atoms with E-state index >= 15 is 0 Å². The molecule has 2 heteroatoms. The third kappa shape index (κ3) is 1.58. The first-order chi connectivity index (χ1) is 8.66. The lowest BCUT2D eigenvalue weighted by Gasteiger charge is -2.07. The molecule has 0 spiro atoms. The van der Waals surface area contributed by atoms with E-state index in [0.29, 0.717) is 0 Å². The van der Waals surface area contributed by atoms with E-state index in [1.165, 1.54) is 0 Å². The van der Waals surface area contributed by atoms with Gasteiger partial charge in [-0.3, -0.25) is 9.78 Å². The topological polar surface area (TPSA) is 30.0 Å². The molecule has 0 amide bonds. The van der Waals surface area contributed by atoms with Crippen molar-refractivity contribution in [2.24, 2.45) is 0 Å². The first-order valence-electron chi connectivity index (χ1n) is 5.96. The van der Waals surface area contributed by atoms with E-state index < -0.39 is 0 Å². The van der Waals surface area contributed by atoms with E-state index in [-0.39, 0.29) is 5.78 Å². The van der Waals surface area contributed by atoms with Crippen LogP contribution in [-0.2, 0) is 0 Å². The summed E-state index contributed by atoms with van der Waals surface area (Å²) in [6, 6.07) is 12.1. The third-order valence-electron chi connectivity index (χ3n) is 3.31. The van der Waals surface area contributed by atoms with Gasteiger partial charge in [-0.2, -0.15) is 0 Å². The van der Waals surface area contributed by atoms with Crippen LogP contribution in [0.4, 0.5) is 0 Å². The van der Waals surface area contributed by atoms with Crippen molar-refractivity contribution in [3.8, 4) is 0 Å². The number of fused-ring (bicyclic) bond motifs is 3. The second kappa shape index (κ2) is 3.91. The summed E-state index contributed by atoms with van der Waals surface area (Å²) in [7, 11) is 0. The molecule has 0 fully saturated rings. The Morgan fingerprint density at radius 2 is 1.89 bits per heavy atom. The molecule has 88 valence electrons. The van der Waals surface area contributed by atoms with Gasteiger partial charge in [-0.15, -0.1) is 0 Å². The maximum atomic E-state index is 11.6. The minimum absolute atomic E-state index is 0.107. The molecule has 18 heavy (non-hydrogen) atoms. The monoisotopic (exact) mass is 235 g/mol. The molecule has 0 aliphatic heterocycles. The zero-order chi connectivity index (χ0) is 12.7. The maximum Gasteiger partial charge on any atom is 0.160 e. The van der Waals surface area contributed by atoms with E-state index in [0.717, 1.165) is 32.8 Å². The van der Waals surface area contributed by atoms with Crippen LogP contribution in [0.25, 0.3) is 21.7 Å². The number of pyridine rings is 1. The van der Waals surface area contributed by atoms with Crippen molar-refractivity contribution in [1.82, 2.24) is 4.98 Å². The molecular weight excluding hydrogens is 222 g/mol. The lowest BCUT2D eigenvalue weighted by atomic mass is 9.98. The van der Waals surface area contributed by atoms with Gasteiger partial charge in [0.05, 0.1) is 5.52 Å². The van der Waals surface area contributed by atoms with Crippen molar-refractivity contribution < 1.29 is 4.79 Å². The fourth-order valence-electron chi connectivity index (χ4n) is 2.40. The van der Waals surface area contributed by atoms with Crippen LogP contribution in [0.2, 0.25) is 0 Å². The van der Waals surface area contributed by atoms with Crippen molar-refractivity contribution in [1.29, 1.82) is 0 Å². The number of aryl methyl sites for hydroxylation is 1. The summed E-state index contributed by atoms with van der Waals surface area (Å²) >= 11 is 0. The maximum absolute atomic E-state index is 11.6. The van der Waals surface area contributed by atoms with Crippen LogP contribution in [0.5, 0.6) is 0 Å². The van der Waals surface area contributed by atoms with Gasteiger partial charge in [-0.05, 0) is 43.0 Å². The van der Waals surface area contributed by atoms with Crippen molar-refractivity contribution in [2.45, 2.75) is 13.8 Å². The highest BCUT2D eigenvalue weighted by Crippen LogP contribution is 2.26. The lowest BCUT2D eigenvalue weighted by molar-refractivity contribution is 0.101. The SMILES string of the molecule is CC(=O)c1cc2ccc3cccnc3c2cc1C. The Morgan fingerprint density at radius 3 is 2.67 bits per heavy atom. The molecule has 0 saturated heterocycles. The number of nitrogens with zero attached hydrogens (tertiary/aromatic N) is 1. The summed E-state index contributed by atoms with van der Waals surface area (Å²) in [5.74, 6) is 0.107. The van der Waals surface area contributed by atoms with Crippen LogP contribution in [0.15, 0.2) is 42.6 Å². The molecule has 0 N–H and O–H groups in total. The summed E-state index contributed by atoms with van der Waals surface area (Å²) in [4.78, 5) is 16.0. The van der Waals surface area contributed by atoms with Crippen molar-refractivity contribution in [3.63, 3.8) is 0 Å². The molecule has 2 aromatic carbocycles. The molecule has 0 unspecified atom stereocenters. The van der Waals surface area contributed by atoms with Gasteiger partial charge in [-0.1, -0.05) is 18.2 Å². The van der Waals surface area contributed by atoms with Crippen molar-refractivity contribution in [3.05, 3.63) is 53.7 Å². The molecule has 1 heterocycles.